The number of esters is 1. The zero-order valence-electron chi connectivity index (χ0n) is 23.2. The van der Waals surface area contributed by atoms with Gasteiger partial charge in [0, 0.05) is 48.9 Å². The van der Waals surface area contributed by atoms with Gasteiger partial charge in [-0.25, -0.2) is 14.0 Å². The number of β-amino-alcohol motifs (C(OH)–C–C–N with tert-alkyl or cyclic N) is 1. The molecule has 0 spiro atoms. The molecule has 15 heteroatoms. The lowest BCUT2D eigenvalue weighted by molar-refractivity contribution is -0.192. The van der Waals surface area contributed by atoms with E-state index in [0.29, 0.717) is 48.2 Å². The number of rotatable bonds is 8. The number of anilines is 1. The Kier molecular flexibility index (Phi) is 12.0. The van der Waals surface area contributed by atoms with Gasteiger partial charge in [0.15, 0.2) is 6.61 Å². The van der Waals surface area contributed by atoms with Gasteiger partial charge in [0.05, 0.1) is 24.4 Å². The number of hydrogen-bond donors (Lipinski definition) is 3. The molecule has 4 rings (SSSR count). The van der Waals surface area contributed by atoms with E-state index in [4.69, 9.17) is 31.0 Å². The van der Waals surface area contributed by atoms with Gasteiger partial charge < -0.3 is 34.8 Å². The van der Waals surface area contributed by atoms with Crippen LogP contribution >= 0.6 is 11.6 Å². The molecular formula is C28H32ClF4N3O7. The SMILES string of the molecule is CCOC(=O)COc1ccc(F)cc1N1CC(NC2CCN(C(=O)c3ccc(Cl)cc3)CC2)[C@H](O)C1.O=C(O)C(F)(F)F. The van der Waals surface area contributed by atoms with Gasteiger partial charge in [0.2, 0.25) is 0 Å². The van der Waals surface area contributed by atoms with Crippen LogP contribution in [-0.2, 0) is 14.3 Å². The summed E-state index contributed by atoms with van der Waals surface area (Å²) in [5.41, 5.74) is 1.09. The van der Waals surface area contributed by atoms with Crippen molar-refractivity contribution >= 4 is 35.1 Å². The Labute approximate surface area is 250 Å². The predicted molar refractivity (Wildman–Crippen MR) is 148 cm³/mol. The molecule has 2 aromatic rings. The van der Waals surface area contributed by atoms with Crippen molar-refractivity contribution in [3.05, 3.63) is 58.9 Å². The number of nitrogens with zero attached hydrogens (tertiary/aromatic N) is 2. The maximum absolute atomic E-state index is 14.0. The lowest BCUT2D eigenvalue weighted by atomic mass is 10.0. The number of piperidine rings is 1. The summed E-state index contributed by atoms with van der Waals surface area (Å²) >= 11 is 5.92. The number of aliphatic hydroxyl groups is 1. The molecule has 10 nitrogen and oxygen atoms in total. The highest BCUT2D eigenvalue weighted by molar-refractivity contribution is 6.30. The van der Waals surface area contributed by atoms with Gasteiger partial charge in [0.1, 0.15) is 11.6 Å². The summed E-state index contributed by atoms with van der Waals surface area (Å²) in [5, 5.41) is 22.0. The molecule has 2 saturated heterocycles. The summed E-state index contributed by atoms with van der Waals surface area (Å²) in [4.78, 5) is 37.0. The molecule has 0 saturated carbocycles. The van der Waals surface area contributed by atoms with Crippen LogP contribution in [-0.4, -0.2) is 96.7 Å². The van der Waals surface area contributed by atoms with E-state index < -0.39 is 30.0 Å². The van der Waals surface area contributed by atoms with Crippen LogP contribution in [0, 0.1) is 5.82 Å². The van der Waals surface area contributed by atoms with Crippen molar-refractivity contribution in [3.63, 3.8) is 0 Å². The van der Waals surface area contributed by atoms with Crippen LogP contribution in [0.4, 0.5) is 23.2 Å². The van der Waals surface area contributed by atoms with Crippen molar-refractivity contribution in [1.29, 1.82) is 0 Å². The molecule has 0 aromatic heterocycles. The van der Waals surface area contributed by atoms with Crippen molar-refractivity contribution < 1.29 is 51.6 Å². The molecule has 1 unspecified atom stereocenters. The molecule has 2 heterocycles. The zero-order valence-corrected chi connectivity index (χ0v) is 23.9. The second-order valence-corrected chi connectivity index (χ2v) is 10.3. The number of alkyl halides is 3. The summed E-state index contributed by atoms with van der Waals surface area (Å²) in [5.74, 6) is -3.36. The summed E-state index contributed by atoms with van der Waals surface area (Å²) in [6.45, 7) is 3.65. The Morgan fingerprint density at radius 1 is 1.07 bits per heavy atom. The van der Waals surface area contributed by atoms with Gasteiger partial charge in [-0.15, -0.1) is 0 Å². The minimum absolute atomic E-state index is 0.0151. The minimum atomic E-state index is -5.08. The van der Waals surface area contributed by atoms with E-state index in [0.717, 1.165) is 12.8 Å². The molecule has 2 atom stereocenters. The number of carbonyl (C=O) groups excluding carboxylic acids is 2. The highest BCUT2D eigenvalue weighted by Crippen LogP contribution is 2.32. The molecule has 2 fully saturated rings. The third-order valence-corrected chi connectivity index (χ3v) is 7.02. The average molecular weight is 634 g/mol. The molecule has 0 aliphatic carbocycles. The third-order valence-electron chi connectivity index (χ3n) is 6.77. The lowest BCUT2D eigenvalue weighted by Crippen LogP contribution is -2.50. The van der Waals surface area contributed by atoms with E-state index in [1.165, 1.54) is 18.2 Å². The predicted octanol–water partition coefficient (Wildman–Crippen LogP) is 3.50. The third kappa shape index (κ3) is 9.97. The number of nitrogens with one attached hydrogen (secondary N) is 1. The Morgan fingerprint density at radius 3 is 2.28 bits per heavy atom. The second-order valence-electron chi connectivity index (χ2n) is 9.83. The summed E-state index contributed by atoms with van der Waals surface area (Å²) in [6.07, 6.45) is -4.23. The molecule has 2 aliphatic rings. The Balaban J connectivity index is 0.000000646. The van der Waals surface area contributed by atoms with E-state index in [1.54, 1.807) is 31.2 Å². The van der Waals surface area contributed by atoms with E-state index in [1.807, 2.05) is 9.80 Å². The van der Waals surface area contributed by atoms with E-state index in [9.17, 15) is 32.3 Å². The fourth-order valence-corrected chi connectivity index (χ4v) is 4.80. The molecule has 2 aromatic carbocycles. The number of carbonyl (C=O) groups is 3. The number of carboxylic acids is 1. The van der Waals surface area contributed by atoms with Crippen LogP contribution in [0.25, 0.3) is 0 Å². The highest BCUT2D eigenvalue weighted by atomic mass is 35.5. The standard InChI is InChI=1S/C26H31ClFN3O5.C2HF3O2/c1-2-35-25(33)16-36-24-8-7-19(28)13-22(24)31-14-21(23(32)15-31)29-20-9-11-30(12-10-20)26(34)17-3-5-18(27)6-4-17;3-2(4,5)1(6)7/h3-8,13,20-21,23,29,32H,2,9-12,14-16H2,1H3;(H,6,7)/t21?,23-;/m1./s1. The topological polar surface area (TPSA) is 129 Å². The smallest absolute Gasteiger partial charge is 0.480 e. The number of benzene rings is 2. The van der Waals surface area contributed by atoms with Crippen LogP contribution in [0.15, 0.2) is 42.5 Å². The fourth-order valence-electron chi connectivity index (χ4n) is 4.67. The molecular weight excluding hydrogens is 602 g/mol. The molecule has 2 aliphatic heterocycles. The fraction of sp³-hybridized carbons (Fsp3) is 0.464. The molecule has 1 amide bonds. The van der Waals surface area contributed by atoms with Gasteiger partial charge in [-0.2, -0.15) is 13.2 Å². The molecule has 3 N–H and O–H groups in total. The Hall–Kier alpha value is -3.62. The largest absolute Gasteiger partial charge is 0.490 e. The second kappa shape index (κ2) is 15.2. The first kappa shape index (κ1) is 33.9. The molecule has 43 heavy (non-hydrogen) atoms. The summed E-state index contributed by atoms with van der Waals surface area (Å²) in [6, 6.07) is 10.9. The first-order chi connectivity index (χ1) is 20.3. The van der Waals surface area contributed by atoms with E-state index in [-0.39, 0.29) is 31.2 Å². The van der Waals surface area contributed by atoms with Crippen molar-refractivity contribution in [3.8, 4) is 5.75 Å². The number of aliphatic carboxylic acids is 1. The van der Waals surface area contributed by atoms with E-state index >= 15 is 0 Å². The lowest BCUT2D eigenvalue weighted by Gasteiger charge is -2.34. The number of amides is 1. The van der Waals surface area contributed by atoms with Crippen LogP contribution in [0.2, 0.25) is 5.02 Å². The molecule has 0 radical (unpaired) electrons. The van der Waals surface area contributed by atoms with Crippen LogP contribution < -0.4 is 15.0 Å². The highest BCUT2D eigenvalue weighted by Gasteiger charge is 2.38. The first-order valence-electron chi connectivity index (χ1n) is 13.4. The van der Waals surface area contributed by atoms with Gasteiger partial charge in [-0.05, 0) is 56.2 Å². The quantitative estimate of drug-likeness (QED) is 0.296. The average Bonchev–Trinajstić information content (AvgIpc) is 3.32. The first-order valence-corrected chi connectivity index (χ1v) is 13.8. The number of hydrogen-bond acceptors (Lipinski definition) is 8. The van der Waals surface area contributed by atoms with Crippen LogP contribution in [0.3, 0.4) is 0 Å². The van der Waals surface area contributed by atoms with Crippen molar-refractivity contribution in [2.75, 3.05) is 44.3 Å². The monoisotopic (exact) mass is 633 g/mol. The maximum atomic E-state index is 14.0. The number of likely N-dealkylation sites (tertiary alicyclic amines) is 1. The van der Waals surface area contributed by atoms with Gasteiger partial charge in [-0.1, -0.05) is 11.6 Å². The van der Waals surface area contributed by atoms with Crippen molar-refractivity contribution in [2.45, 2.75) is 44.1 Å². The van der Waals surface area contributed by atoms with Crippen molar-refractivity contribution in [2.24, 2.45) is 0 Å². The number of ether oxygens (including phenoxy) is 2. The van der Waals surface area contributed by atoms with Crippen molar-refractivity contribution in [1.82, 2.24) is 10.2 Å². The summed E-state index contributed by atoms with van der Waals surface area (Å²) in [7, 11) is 0. The number of carboxylic acid groups (broad SMARTS) is 1. The number of halogens is 5. The van der Waals surface area contributed by atoms with Crippen LogP contribution in [0.1, 0.15) is 30.1 Å². The zero-order chi connectivity index (χ0) is 31.7. The normalized spacial score (nSPS) is 19.0. The Morgan fingerprint density at radius 2 is 1.70 bits per heavy atom. The van der Waals surface area contributed by atoms with Crippen LogP contribution in [0.5, 0.6) is 5.75 Å². The van der Waals surface area contributed by atoms with Gasteiger partial charge in [0.25, 0.3) is 5.91 Å². The maximum Gasteiger partial charge on any atom is 0.490 e. The van der Waals surface area contributed by atoms with Gasteiger partial charge in [-0.3, -0.25) is 4.79 Å². The molecule has 236 valence electrons. The van der Waals surface area contributed by atoms with E-state index in [2.05, 4.69) is 5.32 Å². The molecule has 0 bridgehead atoms. The minimum Gasteiger partial charge on any atom is -0.480 e. The summed E-state index contributed by atoms with van der Waals surface area (Å²) < 4.78 is 56.3. The van der Waals surface area contributed by atoms with Gasteiger partial charge >= 0.3 is 18.1 Å². The Bertz CT molecular complexity index is 1260. The number of aliphatic hydroxyl groups excluding tert-OH is 1.